The van der Waals surface area contributed by atoms with Crippen LogP contribution in [-0.2, 0) is 9.59 Å². The van der Waals surface area contributed by atoms with Gasteiger partial charge in [0.15, 0.2) is 0 Å². The van der Waals surface area contributed by atoms with E-state index in [0.717, 1.165) is 11.8 Å². The minimum Gasteiger partial charge on any atom is -0.481 e. The maximum Gasteiger partial charge on any atom is 0.313 e. The number of carboxylic acid groups (broad SMARTS) is 1. The largest absolute Gasteiger partial charge is 0.481 e. The molecule has 1 saturated heterocycles. The van der Waals surface area contributed by atoms with Crippen LogP contribution in [0.15, 0.2) is 0 Å². The van der Waals surface area contributed by atoms with Crippen LogP contribution in [0, 0.1) is 5.92 Å². The number of aliphatic carboxylic acids is 1. The average molecular weight is 247 g/mol. The third kappa shape index (κ3) is 3.12. The number of carboxylic acids is 1. The Hall–Kier alpha value is -0.750. The first kappa shape index (κ1) is 13.3. The van der Waals surface area contributed by atoms with E-state index < -0.39 is 11.6 Å². The third-order valence-electron chi connectivity index (χ3n) is 2.81. The number of amides is 1. The minimum absolute atomic E-state index is 0.0615. The highest BCUT2D eigenvalue weighted by molar-refractivity contribution is 8.00. The topological polar surface area (TPSA) is 77.8 Å². The summed E-state index contributed by atoms with van der Waals surface area (Å²) in [5, 5.41) is 18.3. The molecule has 1 aliphatic heterocycles. The number of carbonyl (C=O) groups is 2. The number of nitrogens with zero attached hydrogens (tertiary/aromatic N) is 1. The van der Waals surface area contributed by atoms with Gasteiger partial charge in [0.2, 0.25) is 5.91 Å². The van der Waals surface area contributed by atoms with Crippen LogP contribution >= 0.6 is 11.8 Å². The van der Waals surface area contributed by atoms with Crippen LogP contribution in [0.3, 0.4) is 0 Å². The second kappa shape index (κ2) is 5.05. The Labute approximate surface area is 98.8 Å². The van der Waals surface area contributed by atoms with Gasteiger partial charge < -0.3 is 15.1 Å². The summed E-state index contributed by atoms with van der Waals surface area (Å²) >= 11 is 1.08. The maximum atomic E-state index is 11.5. The number of hydrogen-bond acceptors (Lipinski definition) is 4. The Morgan fingerprint density at radius 2 is 1.94 bits per heavy atom. The predicted octanol–water partition coefficient (Wildman–Crippen LogP) is 0.0335. The van der Waals surface area contributed by atoms with E-state index in [9.17, 15) is 14.7 Å². The van der Waals surface area contributed by atoms with E-state index in [1.807, 2.05) is 13.8 Å². The monoisotopic (exact) mass is 247 g/mol. The van der Waals surface area contributed by atoms with Gasteiger partial charge in [-0.3, -0.25) is 9.59 Å². The van der Waals surface area contributed by atoms with Gasteiger partial charge in [0.1, 0.15) is 5.60 Å². The van der Waals surface area contributed by atoms with Gasteiger partial charge >= 0.3 is 5.97 Å². The normalized spacial score (nSPS) is 18.4. The number of thioether (sulfide) groups is 1. The van der Waals surface area contributed by atoms with Crippen molar-refractivity contribution in [2.45, 2.75) is 19.4 Å². The van der Waals surface area contributed by atoms with Crippen LogP contribution in [0.2, 0.25) is 0 Å². The fourth-order valence-electron chi connectivity index (χ4n) is 1.47. The molecule has 0 spiro atoms. The van der Waals surface area contributed by atoms with E-state index in [4.69, 9.17) is 5.11 Å². The molecule has 6 heteroatoms. The molecule has 0 atom stereocenters. The van der Waals surface area contributed by atoms with Crippen LogP contribution in [-0.4, -0.2) is 57.2 Å². The van der Waals surface area contributed by atoms with Gasteiger partial charge in [-0.1, -0.05) is 13.8 Å². The van der Waals surface area contributed by atoms with E-state index in [0.29, 0.717) is 13.1 Å². The lowest BCUT2D eigenvalue weighted by Crippen LogP contribution is -2.66. The lowest BCUT2D eigenvalue weighted by molar-refractivity contribution is -0.161. The van der Waals surface area contributed by atoms with Crippen molar-refractivity contribution in [3.8, 4) is 0 Å². The molecule has 92 valence electrons. The van der Waals surface area contributed by atoms with E-state index in [-0.39, 0.29) is 23.3 Å². The van der Waals surface area contributed by atoms with E-state index >= 15 is 0 Å². The zero-order valence-corrected chi connectivity index (χ0v) is 10.3. The molecule has 5 nitrogen and oxygen atoms in total. The molecule has 1 amide bonds. The Morgan fingerprint density at radius 1 is 1.38 bits per heavy atom. The average Bonchev–Trinajstić information content (AvgIpc) is 2.11. The van der Waals surface area contributed by atoms with E-state index in [1.54, 1.807) is 4.90 Å². The van der Waals surface area contributed by atoms with Crippen molar-refractivity contribution < 1.29 is 19.8 Å². The second-order valence-corrected chi connectivity index (χ2v) is 5.38. The van der Waals surface area contributed by atoms with Crippen LogP contribution in [0.4, 0.5) is 0 Å². The summed E-state index contributed by atoms with van der Waals surface area (Å²) in [6.07, 6.45) is 0. The van der Waals surface area contributed by atoms with Gasteiger partial charge in [-0.2, -0.15) is 0 Å². The highest BCUT2D eigenvalue weighted by atomic mass is 32.2. The summed E-state index contributed by atoms with van der Waals surface area (Å²) in [5.74, 6) is -0.783. The fourth-order valence-corrected chi connectivity index (χ4v) is 2.11. The quantitative estimate of drug-likeness (QED) is 0.717. The Kier molecular flexibility index (Phi) is 4.21. The molecule has 1 aliphatic rings. The molecular formula is C10H17NO4S. The molecule has 1 heterocycles. The van der Waals surface area contributed by atoms with Crippen molar-refractivity contribution in [3.05, 3.63) is 0 Å². The van der Waals surface area contributed by atoms with Gasteiger partial charge in [0.05, 0.1) is 24.6 Å². The van der Waals surface area contributed by atoms with Crippen LogP contribution < -0.4 is 0 Å². The standard InChI is InChI=1S/C10H17NO4S/c1-7(2)10(15)5-11(6-10)8(12)3-16-4-9(13)14/h7,15H,3-6H2,1-2H3,(H,13,14). The molecule has 1 fully saturated rings. The smallest absolute Gasteiger partial charge is 0.313 e. The molecule has 0 bridgehead atoms. The molecule has 0 aliphatic carbocycles. The number of rotatable bonds is 5. The van der Waals surface area contributed by atoms with Crippen molar-refractivity contribution in [2.75, 3.05) is 24.6 Å². The van der Waals surface area contributed by atoms with Gasteiger partial charge in [-0.05, 0) is 5.92 Å². The molecule has 0 aromatic rings. The zero-order chi connectivity index (χ0) is 12.3. The minimum atomic E-state index is -0.917. The first-order chi connectivity index (χ1) is 7.35. The van der Waals surface area contributed by atoms with Gasteiger partial charge in [0, 0.05) is 0 Å². The first-order valence-corrected chi connectivity index (χ1v) is 6.30. The molecule has 0 radical (unpaired) electrons. The molecule has 0 aromatic carbocycles. The van der Waals surface area contributed by atoms with Crippen molar-refractivity contribution in [1.29, 1.82) is 0 Å². The number of hydrogen-bond donors (Lipinski definition) is 2. The fraction of sp³-hybridized carbons (Fsp3) is 0.800. The zero-order valence-electron chi connectivity index (χ0n) is 9.47. The van der Waals surface area contributed by atoms with Crippen LogP contribution in [0.25, 0.3) is 0 Å². The van der Waals surface area contributed by atoms with Crippen molar-refractivity contribution in [2.24, 2.45) is 5.92 Å². The molecule has 1 rings (SSSR count). The molecular weight excluding hydrogens is 230 g/mol. The van der Waals surface area contributed by atoms with Gasteiger partial charge in [-0.15, -0.1) is 11.8 Å². The summed E-state index contributed by atoms with van der Waals surface area (Å²) in [6, 6.07) is 0. The summed E-state index contributed by atoms with van der Waals surface area (Å²) < 4.78 is 0. The lowest BCUT2D eigenvalue weighted by Gasteiger charge is -2.49. The van der Waals surface area contributed by atoms with Gasteiger partial charge in [0.25, 0.3) is 0 Å². The lowest BCUT2D eigenvalue weighted by atomic mass is 9.83. The number of β-amino-alcohol motifs (C(OH)–C–C–N with tert-alkyl or cyclic N) is 1. The Balaban J connectivity index is 2.24. The highest BCUT2D eigenvalue weighted by Crippen LogP contribution is 2.28. The highest BCUT2D eigenvalue weighted by Gasteiger charge is 2.45. The third-order valence-corrected chi connectivity index (χ3v) is 3.71. The van der Waals surface area contributed by atoms with Crippen molar-refractivity contribution >= 4 is 23.6 Å². The van der Waals surface area contributed by atoms with Crippen LogP contribution in [0.5, 0.6) is 0 Å². The number of carbonyl (C=O) groups excluding carboxylic acids is 1. The van der Waals surface area contributed by atoms with E-state index in [1.165, 1.54) is 0 Å². The summed E-state index contributed by atoms with van der Waals surface area (Å²) in [5.41, 5.74) is -0.757. The van der Waals surface area contributed by atoms with Crippen molar-refractivity contribution in [1.82, 2.24) is 4.90 Å². The van der Waals surface area contributed by atoms with E-state index in [2.05, 4.69) is 0 Å². The predicted molar refractivity (Wildman–Crippen MR) is 61.3 cm³/mol. The first-order valence-electron chi connectivity index (χ1n) is 5.15. The van der Waals surface area contributed by atoms with Crippen molar-refractivity contribution in [3.63, 3.8) is 0 Å². The Morgan fingerprint density at radius 3 is 2.38 bits per heavy atom. The van der Waals surface area contributed by atoms with Crippen LogP contribution in [0.1, 0.15) is 13.8 Å². The molecule has 16 heavy (non-hydrogen) atoms. The molecule has 0 unspecified atom stereocenters. The van der Waals surface area contributed by atoms with Gasteiger partial charge in [-0.25, -0.2) is 0 Å². The molecule has 0 saturated carbocycles. The maximum absolute atomic E-state index is 11.5. The summed E-state index contributed by atoms with van der Waals surface area (Å²) in [6.45, 7) is 4.55. The number of likely N-dealkylation sites (tertiary alicyclic amines) is 1. The SMILES string of the molecule is CC(C)C1(O)CN(C(=O)CSCC(=O)O)C1. The summed E-state index contributed by atoms with van der Waals surface area (Å²) in [7, 11) is 0. The molecule has 2 N–H and O–H groups in total. The molecule has 0 aromatic heterocycles. The number of aliphatic hydroxyl groups is 1. The second-order valence-electron chi connectivity index (χ2n) is 4.39. The summed E-state index contributed by atoms with van der Waals surface area (Å²) in [4.78, 5) is 23.3. The Bertz CT molecular complexity index is 287.